The van der Waals surface area contributed by atoms with Crippen molar-refractivity contribution >= 4 is 5.97 Å². The van der Waals surface area contributed by atoms with Crippen LogP contribution in [0, 0.1) is 0 Å². The van der Waals surface area contributed by atoms with Crippen molar-refractivity contribution in [2.75, 3.05) is 20.6 Å². The van der Waals surface area contributed by atoms with Gasteiger partial charge in [0.15, 0.2) is 5.69 Å². The van der Waals surface area contributed by atoms with E-state index >= 15 is 0 Å². The number of aromatic carboxylic acids is 1. The maximum atomic E-state index is 10.9. The second kappa shape index (κ2) is 4.25. The standard InChI is InChI=1S/C11H17N3O2/c1-13(2)5-6-14-10(8-3-4-8)7-9(12-14)11(15)16/h7-8H,3-6H2,1-2H3,(H,15,16). The van der Waals surface area contributed by atoms with E-state index in [-0.39, 0.29) is 5.69 Å². The maximum absolute atomic E-state index is 10.9. The highest BCUT2D eigenvalue weighted by Gasteiger charge is 2.29. The summed E-state index contributed by atoms with van der Waals surface area (Å²) in [6.07, 6.45) is 2.32. The first kappa shape index (κ1) is 11.1. The number of likely N-dealkylation sites (N-methyl/N-ethyl adjacent to an activating group) is 1. The van der Waals surface area contributed by atoms with Crippen molar-refractivity contribution in [1.82, 2.24) is 14.7 Å². The van der Waals surface area contributed by atoms with Crippen LogP contribution in [-0.2, 0) is 6.54 Å². The topological polar surface area (TPSA) is 58.4 Å². The molecule has 5 nitrogen and oxygen atoms in total. The third kappa shape index (κ3) is 2.41. The fraction of sp³-hybridized carbons (Fsp3) is 0.636. The van der Waals surface area contributed by atoms with Crippen LogP contribution in [0.2, 0.25) is 0 Å². The molecular weight excluding hydrogens is 206 g/mol. The van der Waals surface area contributed by atoms with Gasteiger partial charge in [-0.15, -0.1) is 0 Å². The molecule has 0 radical (unpaired) electrons. The first-order valence-corrected chi connectivity index (χ1v) is 5.53. The summed E-state index contributed by atoms with van der Waals surface area (Å²) in [6, 6.07) is 1.72. The summed E-state index contributed by atoms with van der Waals surface area (Å²) in [7, 11) is 4.00. The normalized spacial score (nSPS) is 15.7. The Balaban J connectivity index is 2.16. The van der Waals surface area contributed by atoms with Crippen LogP contribution in [0.5, 0.6) is 0 Å². The van der Waals surface area contributed by atoms with Gasteiger partial charge in [0.2, 0.25) is 0 Å². The molecule has 1 aromatic heterocycles. The Morgan fingerprint density at radius 1 is 1.62 bits per heavy atom. The van der Waals surface area contributed by atoms with Gasteiger partial charge in [0.25, 0.3) is 0 Å². The monoisotopic (exact) mass is 223 g/mol. The molecule has 1 heterocycles. The third-order valence-electron chi connectivity index (χ3n) is 2.78. The second-order valence-corrected chi connectivity index (χ2v) is 4.56. The van der Waals surface area contributed by atoms with Crippen molar-refractivity contribution < 1.29 is 9.90 Å². The van der Waals surface area contributed by atoms with Gasteiger partial charge in [0.05, 0.1) is 6.54 Å². The summed E-state index contributed by atoms with van der Waals surface area (Å²) in [5.74, 6) is -0.409. The lowest BCUT2D eigenvalue weighted by Gasteiger charge is -2.11. The smallest absolute Gasteiger partial charge is 0.356 e. The van der Waals surface area contributed by atoms with Gasteiger partial charge in [-0.3, -0.25) is 4.68 Å². The number of carbonyl (C=O) groups is 1. The molecule has 88 valence electrons. The number of carboxylic acid groups (broad SMARTS) is 1. The highest BCUT2D eigenvalue weighted by molar-refractivity contribution is 5.85. The zero-order chi connectivity index (χ0) is 11.7. The summed E-state index contributed by atoms with van der Waals surface area (Å²) >= 11 is 0. The molecule has 1 fully saturated rings. The van der Waals surface area contributed by atoms with E-state index in [9.17, 15) is 4.79 Å². The van der Waals surface area contributed by atoms with E-state index in [0.29, 0.717) is 5.92 Å². The zero-order valence-electron chi connectivity index (χ0n) is 9.68. The third-order valence-corrected chi connectivity index (χ3v) is 2.78. The number of rotatable bonds is 5. The van der Waals surface area contributed by atoms with Gasteiger partial charge >= 0.3 is 5.97 Å². The van der Waals surface area contributed by atoms with Gasteiger partial charge in [-0.05, 0) is 33.0 Å². The summed E-state index contributed by atoms with van der Waals surface area (Å²) in [4.78, 5) is 12.9. The van der Waals surface area contributed by atoms with Crippen LogP contribution < -0.4 is 0 Å². The minimum absolute atomic E-state index is 0.167. The Kier molecular flexibility index (Phi) is 2.96. The fourth-order valence-corrected chi connectivity index (χ4v) is 1.72. The molecule has 0 aromatic carbocycles. The van der Waals surface area contributed by atoms with Gasteiger partial charge in [0, 0.05) is 18.2 Å². The molecule has 1 aliphatic rings. The molecule has 0 bridgehead atoms. The van der Waals surface area contributed by atoms with Crippen molar-refractivity contribution in [3.8, 4) is 0 Å². The molecule has 1 N–H and O–H groups in total. The molecule has 2 rings (SSSR count). The molecule has 0 amide bonds. The van der Waals surface area contributed by atoms with Crippen LogP contribution in [-0.4, -0.2) is 46.4 Å². The van der Waals surface area contributed by atoms with Crippen LogP contribution in [0.25, 0.3) is 0 Å². The van der Waals surface area contributed by atoms with E-state index in [4.69, 9.17) is 5.11 Å². The molecule has 1 aliphatic carbocycles. The highest BCUT2D eigenvalue weighted by atomic mass is 16.4. The molecule has 0 saturated heterocycles. The van der Waals surface area contributed by atoms with E-state index < -0.39 is 5.97 Å². The second-order valence-electron chi connectivity index (χ2n) is 4.56. The van der Waals surface area contributed by atoms with E-state index in [1.807, 2.05) is 18.8 Å². The first-order valence-electron chi connectivity index (χ1n) is 5.53. The Morgan fingerprint density at radius 2 is 2.31 bits per heavy atom. The molecule has 0 atom stereocenters. The Morgan fingerprint density at radius 3 is 2.81 bits per heavy atom. The average molecular weight is 223 g/mol. The summed E-state index contributed by atoms with van der Waals surface area (Å²) < 4.78 is 1.85. The number of hydrogen-bond acceptors (Lipinski definition) is 3. The molecule has 0 spiro atoms. The Labute approximate surface area is 94.7 Å². The zero-order valence-corrected chi connectivity index (χ0v) is 9.68. The minimum Gasteiger partial charge on any atom is -0.476 e. The summed E-state index contributed by atoms with van der Waals surface area (Å²) in [5, 5.41) is 13.0. The van der Waals surface area contributed by atoms with Gasteiger partial charge in [-0.1, -0.05) is 0 Å². The highest BCUT2D eigenvalue weighted by Crippen LogP contribution is 2.40. The van der Waals surface area contributed by atoms with Gasteiger partial charge in [-0.2, -0.15) is 5.10 Å². The lowest BCUT2D eigenvalue weighted by atomic mass is 10.2. The van der Waals surface area contributed by atoms with Gasteiger partial charge < -0.3 is 10.0 Å². The van der Waals surface area contributed by atoms with E-state index in [1.165, 1.54) is 0 Å². The quantitative estimate of drug-likeness (QED) is 0.809. The molecule has 0 aliphatic heterocycles. The number of hydrogen-bond donors (Lipinski definition) is 1. The van der Waals surface area contributed by atoms with Gasteiger partial charge in [-0.25, -0.2) is 4.79 Å². The Bertz CT molecular complexity index is 394. The number of carboxylic acids is 1. The molecule has 0 unspecified atom stereocenters. The molecule has 16 heavy (non-hydrogen) atoms. The number of nitrogens with zero attached hydrogens (tertiary/aromatic N) is 3. The molecule has 5 heteroatoms. The molecule has 1 saturated carbocycles. The summed E-state index contributed by atoms with van der Waals surface area (Å²) in [6.45, 7) is 1.63. The minimum atomic E-state index is -0.939. The molecular formula is C11H17N3O2. The largest absolute Gasteiger partial charge is 0.476 e. The lowest BCUT2D eigenvalue weighted by Crippen LogP contribution is -2.20. The van der Waals surface area contributed by atoms with Crippen molar-refractivity contribution in [2.45, 2.75) is 25.3 Å². The summed E-state index contributed by atoms with van der Waals surface area (Å²) in [5.41, 5.74) is 1.25. The maximum Gasteiger partial charge on any atom is 0.356 e. The van der Waals surface area contributed by atoms with E-state index in [0.717, 1.165) is 31.6 Å². The van der Waals surface area contributed by atoms with Crippen LogP contribution in [0.15, 0.2) is 6.07 Å². The van der Waals surface area contributed by atoms with Crippen molar-refractivity contribution in [3.63, 3.8) is 0 Å². The average Bonchev–Trinajstić information content (AvgIpc) is 2.95. The predicted molar refractivity (Wildman–Crippen MR) is 59.7 cm³/mol. The van der Waals surface area contributed by atoms with Crippen LogP contribution in [0.3, 0.4) is 0 Å². The first-order chi connectivity index (χ1) is 7.58. The van der Waals surface area contributed by atoms with Crippen molar-refractivity contribution in [1.29, 1.82) is 0 Å². The van der Waals surface area contributed by atoms with Crippen LogP contribution >= 0.6 is 0 Å². The van der Waals surface area contributed by atoms with Crippen LogP contribution in [0.4, 0.5) is 0 Å². The predicted octanol–water partition coefficient (Wildman–Crippen LogP) is 1.02. The van der Waals surface area contributed by atoms with E-state index in [2.05, 4.69) is 10.00 Å². The van der Waals surface area contributed by atoms with Crippen molar-refractivity contribution in [3.05, 3.63) is 17.5 Å². The van der Waals surface area contributed by atoms with Crippen molar-refractivity contribution in [2.24, 2.45) is 0 Å². The van der Waals surface area contributed by atoms with Gasteiger partial charge in [0.1, 0.15) is 0 Å². The molecule has 1 aromatic rings. The fourth-order valence-electron chi connectivity index (χ4n) is 1.72. The SMILES string of the molecule is CN(C)CCn1nc(C(=O)O)cc1C1CC1. The van der Waals surface area contributed by atoms with Crippen LogP contribution in [0.1, 0.15) is 34.9 Å². The lowest BCUT2D eigenvalue weighted by molar-refractivity contribution is 0.0689. The Hall–Kier alpha value is -1.36. The van der Waals surface area contributed by atoms with E-state index in [1.54, 1.807) is 6.07 Å². The number of aromatic nitrogens is 2.